The average Bonchev–Trinajstić information content (AvgIpc) is 2.35. The van der Waals surface area contributed by atoms with Gasteiger partial charge >= 0.3 is 6.09 Å². The Labute approximate surface area is 125 Å². The van der Waals surface area contributed by atoms with Gasteiger partial charge < -0.3 is 9.47 Å². The van der Waals surface area contributed by atoms with Crippen molar-refractivity contribution in [3.05, 3.63) is 5.57 Å². The van der Waals surface area contributed by atoms with E-state index in [1.54, 1.807) is 41.5 Å². The zero-order valence-electron chi connectivity index (χ0n) is 13.5. The van der Waals surface area contributed by atoms with Gasteiger partial charge in [0.05, 0.1) is 6.54 Å². The molecule has 2 unspecified atom stereocenters. The summed E-state index contributed by atoms with van der Waals surface area (Å²) < 4.78 is 10.8. The fourth-order valence-corrected chi connectivity index (χ4v) is 2.24. The predicted molar refractivity (Wildman–Crippen MR) is 76.3 cm³/mol. The second-order valence-electron chi connectivity index (χ2n) is 6.26. The van der Waals surface area contributed by atoms with Crippen molar-refractivity contribution in [1.29, 1.82) is 0 Å². The summed E-state index contributed by atoms with van der Waals surface area (Å²) in [6.07, 6.45) is -0.780. The Bertz CT molecular complexity index is 487. The van der Waals surface area contributed by atoms with Gasteiger partial charge in [-0.1, -0.05) is 6.92 Å². The van der Waals surface area contributed by atoms with E-state index in [1.807, 2.05) is 5.94 Å². The van der Waals surface area contributed by atoms with Crippen LogP contribution in [0.5, 0.6) is 0 Å². The number of hydrogen-bond acceptors (Lipinski definition) is 5. The van der Waals surface area contributed by atoms with Gasteiger partial charge in [-0.05, 0) is 34.6 Å². The zero-order valence-corrected chi connectivity index (χ0v) is 13.5. The number of amides is 2. The van der Waals surface area contributed by atoms with Crippen LogP contribution in [0.1, 0.15) is 41.5 Å². The molecule has 1 rings (SSSR count). The van der Waals surface area contributed by atoms with Crippen molar-refractivity contribution in [2.75, 3.05) is 13.2 Å². The molecule has 6 heteroatoms. The number of carbonyl (C=O) groups is 2. The predicted octanol–water partition coefficient (Wildman–Crippen LogP) is 1.95. The lowest BCUT2D eigenvalue weighted by atomic mass is 9.80. The number of likely N-dealkylation sites (tertiary alicyclic amines) is 1. The SMILES string of the molecule is CCOC1(C)C(=O)N(C(=O)OC(C)(C)C)CC(=C=O)C1C. The first-order chi connectivity index (χ1) is 9.56. The molecule has 21 heavy (non-hydrogen) atoms. The fraction of sp³-hybridized carbons (Fsp3) is 0.733. The highest BCUT2D eigenvalue weighted by Crippen LogP contribution is 2.34. The normalized spacial score (nSPS) is 26.6. The van der Waals surface area contributed by atoms with E-state index in [0.29, 0.717) is 12.2 Å². The van der Waals surface area contributed by atoms with Crippen LogP contribution in [-0.4, -0.2) is 47.2 Å². The van der Waals surface area contributed by atoms with Crippen molar-refractivity contribution in [1.82, 2.24) is 4.90 Å². The summed E-state index contributed by atoms with van der Waals surface area (Å²) in [5.74, 6) is 0.882. The topological polar surface area (TPSA) is 72.9 Å². The second-order valence-corrected chi connectivity index (χ2v) is 6.26. The molecule has 0 aromatic heterocycles. The van der Waals surface area contributed by atoms with Crippen LogP contribution in [0, 0.1) is 5.92 Å². The minimum atomic E-state index is -1.27. The molecule has 1 fully saturated rings. The number of rotatable bonds is 2. The van der Waals surface area contributed by atoms with E-state index in [0.717, 1.165) is 4.90 Å². The molecule has 0 saturated carbocycles. The third-order valence-electron chi connectivity index (χ3n) is 3.54. The Morgan fingerprint density at radius 3 is 2.48 bits per heavy atom. The van der Waals surface area contributed by atoms with Crippen molar-refractivity contribution in [3.63, 3.8) is 0 Å². The monoisotopic (exact) mass is 297 g/mol. The van der Waals surface area contributed by atoms with Crippen LogP contribution in [0.4, 0.5) is 4.79 Å². The van der Waals surface area contributed by atoms with E-state index in [1.165, 1.54) is 0 Å². The van der Waals surface area contributed by atoms with Crippen LogP contribution < -0.4 is 0 Å². The summed E-state index contributed by atoms with van der Waals surface area (Å²) in [7, 11) is 0. The van der Waals surface area contributed by atoms with E-state index < -0.39 is 29.1 Å². The Balaban J connectivity index is 3.15. The summed E-state index contributed by atoms with van der Waals surface area (Å²) in [6.45, 7) is 10.4. The first kappa shape index (κ1) is 17.4. The number of imide groups is 1. The third kappa shape index (κ3) is 3.52. The second kappa shape index (κ2) is 6.00. The van der Waals surface area contributed by atoms with E-state index in [4.69, 9.17) is 9.47 Å². The molecule has 0 aromatic carbocycles. The highest BCUT2D eigenvalue weighted by Gasteiger charge is 2.51. The first-order valence-electron chi connectivity index (χ1n) is 6.99. The van der Waals surface area contributed by atoms with Gasteiger partial charge in [-0.2, -0.15) is 0 Å². The first-order valence-corrected chi connectivity index (χ1v) is 6.99. The Kier molecular flexibility index (Phi) is 4.97. The lowest BCUT2D eigenvalue weighted by Gasteiger charge is -2.42. The lowest BCUT2D eigenvalue weighted by molar-refractivity contribution is -0.163. The minimum absolute atomic E-state index is 0.110. The molecule has 1 saturated heterocycles. The smallest absolute Gasteiger partial charge is 0.417 e. The van der Waals surface area contributed by atoms with E-state index >= 15 is 0 Å². The molecule has 0 radical (unpaired) electrons. The maximum atomic E-state index is 12.6. The molecule has 1 aliphatic heterocycles. The van der Waals surface area contributed by atoms with Gasteiger partial charge in [-0.3, -0.25) is 4.79 Å². The Morgan fingerprint density at radius 1 is 1.48 bits per heavy atom. The van der Waals surface area contributed by atoms with Gasteiger partial charge in [0.2, 0.25) is 0 Å². The van der Waals surface area contributed by atoms with Crippen LogP contribution in [-0.2, 0) is 19.1 Å². The number of piperidine rings is 1. The maximum Gasteiger partial charge on any atom is 0.417 e. The molecule has 0 bridgehead atoms. The molecule has 2 amide bonds. The standard InChI is InChI=1S/C15H23NO5/c1-7-20-15(6)10(2)11(9-17)8-16(12(15)18)13(19)21-14(3,4)5/h10H,7-8H2,1-6H3. The Morgan fingerprint density at radius 2 is 2.05 bits per heavy atom. The minimum Gasteiger partial charge on any atom is -0.443 e. The van der Waals surface area contributed by atoms with Crippen molar-refractivity contribution < 1.29 is 23.9 Å². The average molecular weight is 297 g/mol. The van der Waals surface area contributed by atoms with Gasteiger partial charge in [0.1, 0.15) is 11.5 Å². The van der Waals surface area contributed by atoms with Gasteiger partial charge in [0.15, 0.2) is 5.60 Å². The largest absolute Gasteiger partial charge is 0.443 e. The molecule has 118 valence electrons. The summed E-state index contributed by atoms with van der Waals surface area (Å²) in [5.41, 5.74) is -1.68. The van der Waals surface area contributed by atoms with E-state index in [2.05, 4.69) is 0 Å². The van der Waals surface area contributed by atoms with Crippen molar-refractivity contribution >= 4 is 17.9 Å². The van der Waals surface area contributed by atoms with Crippen molar-refractivity contribution in [2.45, 2.75) is 52.7 Å². The van der Waals surface area contributed by atoms with Gasteiger partial charge in [-0.25, -0.2) is 14.5 Å². The molecule has 1 aliphatic rings. The van der Waals surface area contributed by atoms with Crippen LogP contribution in [0.3, 0.4) is 0 Å². The highest BCUT2D eigenvalue weighted by molar-refractivity contribution is 5.99. The maximum absolute atomic E-state index is 12.6. The van der Waals surface area contributed by atoms with Gasteiger partial charge in [0, 0.05) is 18.1 Å². The number of nitrogens with zero attached hydrogens (tertiary/aromatic N) is 1. The van der Waals surface area contributed by atoms with Crippen LogP contribution >= 0.6 is 0 Å². The van der Waals surface area contributed by atoms with Crippen LogP contribution in [0.25, 0.3) is 0 Å². The zero-order chi connectivity index (χ0) is 16.4. The Hall–Kier alpha value is -1.65. The lowest BCUT2D eigenvalue weighted by Crippen LogP contribution is -2.60. The molecule has 0 N–H and O–H groups in total. The van der Waals surface area contributed by atoms with Crippen LogP contribution in [0.15, 0.2) is 5.57 Å². The van der Waals surface area contributed by atoms with Gasteiger partial charge in [0.25, 0.3) is 5.91 Å². The fourth-order valence-electron chi connectivity index (χ4n) is 2.24. The molecular formula is C15H23NO5. The molecular weight excluding hydrogens is 274 g/mol. The number of carbonyl (C=O) groups excluding carboxylic acids is 3. The molecule has 6 nitrogen and oxygen atoms in total. The summed E-state index contributed by atoms with van der Waals surface area (Å²) in [4.78, 5) is 36.8. The van der Waals surface area contributed by atoms with E-state index in [-0.39, 0.29) is 6.54 Å². The molecule has 0 aromatic rings. The molecule has 1 heterocycles. The summed E-state index contributed by atoms with van der Waals surface area (Å²) in [6, 6.07) is 0. The third-order valence-corrected chi connectivity index (χ3v) is 3.54. The molecule has 2 atom stereocenters. The quantitative estimate of drug-likeness (QED) is 0.728. The van der Waals surface area contributed by atoms with Crippen LogP contribution in [0.2, 0.25) is 0 Å². The van der Waals surface area contributed by atoms with Crippen molar-refractivity contribution in [3.8, 4) is 0 Å². The number of ether oxygens (including phenoxy) is 2. The molecule has 0 aliphatic carbocycles. The summed E-state index contributed by atoms with van der Waals surface area (Å²) in [5, 5.41) is 0. The highest BCUT2D eigenvalue weighted by atomic mass is 16.6. The van der Waals surface area contributed by atoms with E-state index in [9.17, 15) is 14.4 Å². The number of hydrogen-bond donors (Lipinski definition) is 0. The summed E-state index contributed by atoms with van der Waals surface area (Å²) >= 11 is 0. The molecule has 0 spiro atoms. The van der Waals surface area contributed by atoms with Gasteiger partial charge in [-0.15, -0.1) is 0 Å². The van der Waals surface area contributed by atoms with Crippen molar-refractivity contribution in [2.24, 2.45) is 5.92 Å².